The van der Waals surface area contributed by atoms with E-state index in [9.17, 15) is 4.11 Å². The Morgan fingerprint density at radius 1 is 0.938 bits per heavy atom. The third-order valence-electron chi connectivity index (χ3n) is 2.14. The number of unbranched alkanes of at least 4 members (excludes halogenated alkanes) is 1. The first kappa shape index (κ1) is 16.5. The summed E-state index contributed by atoms with van der Waals surface area (Å²) in [6.07, 6.45) is 2.38. The zero-order chi connectivity index (χ0) is 13.0. The van der Waals surface area contributed by atoms with Gasteiger partial charge in [0.1, 0.15) is 0 Å². The van der Waals surface area contributed by atoms with Crippen LogP contribution in [0.2, 0.25) is 45.3 Å². The van der Waals surface area contributed by atoms with Crippen molar-refractivity contribution in [2.24, 2.45) is 0 Å². The lowest BCUT2D eigenvalue weighted by atomic mass is 10.4. The van der Waals surface area contributed by atoms with Crippen molar-refractivity contribution in [3.05, 3.63) is 0 Å². The molecule has 0 aliphatic rings. The minimum Gasteiger partial charge on any atom is -0.436 e. The maximum Gasteiger partial charge on any atom is 0.369 e. The van der Waals surface area contributed by atoms with Crippen LogP contribution in [0.25, 0.3) is 0 Å². The summed E-state index contributed by atoms with van der Waals surface area (Å²) >= 11 is 0. The predicted molar refractivity (Wildman–Crippen MR) is 75.4 cm³/mol. The molecule has 0 aliphatic carbocycles. The van der Waals surface area contributed by atoms with E-state index in [1.807, 2.05) is 13.1 Å². The fourth-order valence-corrected chi connectivity index (χ4v) is 14.1. The van der Waals surface area contributed by atoms with E-state index in [1.54, 1.807) is 13.1 Å². The first-order chi connectivity index (χ1) is 6.97. The smallest absolute Gasteiger partial charge is 0.369 e. The number of hydrogen-bond donors (Lipinski definition) is 0. The predicted octanol–water partition coefficient (Wildman–Crippen LogP) is 4.40. The normalized spacial score (nSPS) is 14.2. The molecule has 0 bridgehead atoms. The average molecular weight is 283 g/mol. The summed E-state index contributed by atoms with van der Waals surface area (Å²) in [4.78, 5) is 0. The van der Waals surface area contributed by atoms with Crippen LogP contribution in [0.1, 0.15) is 19.8 Å². The third kappa shape index (κ3) is 8.63. The van der Waals surface area contributed by atoms with Gasteiger partial charge < -0.3 is 8.23 Å². The lowest BCUT2D eigenvalue weighted by molar-refractivity contribution is 0.362. The standard InChI is InChI=1S/C10H27FO2Si3/c1-8-9-10-14(2,3)12-16(6,7)13-15(4,5)11/h8-10H2,1-7H3. The van der Waals surface area contributed by atoms with Gasteiger partial charge in [0.2, 0.25) is 0 Å². The fourth-order valence-electron chi connectivity index (χ4n) is 1.92. The summed E-state index contributed by atoms with van der Waals surface area (Å²) in [5.41, 5.74) is 0. The Morgan fingerprint density at radius 3 is 1.81 bits per heavy atom. The Morgan fingerprint density at radius 2 is 1.44 bits per heavy atom. The fraction of sp³-hybridized carbons (Fsp3) is 1.00. The van der Waals surface area contributed by atoms with Crippen LogP contribution >= 0.6 is 0 Å². The zero-order valence-electron chi connectivity index (χ0n) is 11.8. The molecule has 0 aliphatic heterocycles. The average Bonchev–Trinajstić information content (AvgIpc) is 1.93. The Bertz CT molecular complexity index is 215. The molecule has 0 aromatic rings. The summed E-state index contributed by atoms with van der Waals surface area (Å²) in [6, 6.07) is 1.14. The van der Waals surface area contributed by atoms with Crippen LogP contribution in [0.3, 0.4) is 0 Å². The van der Waals surface area contributed by atoms with E-state index in [0.29, 0.717) is 0 Å². The topological polar surface area (TPSA) is 18.5 Å². The lowest BCUT2D eigenvalue weighted by Gasteiger charge is -2.35. The number of halogens is 1. The van der Waals surface area contributed by atoms with E-state index >= 15 is 0 Å². The van der Waals surface area contributed by atoms with Gasteiger partial charge in [0.05, 0.1) is 0 Å². The highest BCUT2D eigenvalue weighted by atomic mass is 28.5. The molecule has 0 saturated heterocycles. The highest BCUT2D eigenvalue weighted by Gasteiger charge is 2.39. The molecule has 0 rings (SSSR count). The van der Waals surface area contributed by atoms with Gasteiger partial charge >= 0.3 is 17.2 Å². The molecule has 0 radical (unpaired) electrons. The summed E-state index contributed by atoms with van der Waals surface area (Å²) in [7, 11) is -6.91. The van der Waals surface area contributed by atoms with Gasteiger partial charge in [-0.3, -0.25) is 4.11 Å². The van der Waals surface area contributed by atoms with Crippen molar-refractivity contribution < 1.29 is 12.3 Å². The van der Waals surface area contributed by atoms with Crippen molar-refractivity contribution in [2.75, 3.05) is 0 Å². The minimum absolute atomic E-state index is 1.14. The Labute approximate surface area is 103 Å². The van der Waals surface area contributed by atoms with Gasteiger partial charge in [-0.05, 0) is 45.3 Å². The van der Waals surface area contributed by atoms with E-state index < -0.39 is 25.5 Å². The molecular formula is C10H27FO2Si3. The number of hydrogen-bond acceptors (Lipinski definition) is 2. The summed E-state index contributed by atoms with van der Waals surface area (Å²) in [6.45, 7) is 13.7. The van der Waals surface area contributed by atoms with Crippen molar-refractivity contribution in [1.82, 2.24) is 0 Å². The second-order valence-corrected chi connectivity index (χ2v) is 17.0. The van der Waals surface area contributed by atoms with Gasteiger partial charge in [-0.2, -0.15) is 0 Å². The van der Waals surface area contributed by atoms with Gasteiger partial charge in [-0.15, -0.1) is 0 Å². The largest absolute Gasteiger partial charge is 0.436 e. The third-order valence-corrected chi connectivity index (χ3v) is 11.8. The van der Waals surface area contributed by atoms with E-state index in [4.69, 9.17) is 8.23 Å². The highest BCUT2D eigenvalue weighted by Crippen LogP contribution is 2.24. The van der Waals surface area contributed by atoms with E-state index in [0.717, 1.165) is 6.04 Å². The molecule has 0 fully saturated rings. The number of rotatable bonds is 7. The quantitative estimate of drug-likeness (QED) is 0.509. The van der Waals surface area contributed by atoms with Gasteiger partial charge in [-0.1, -0.05) is 19.8 Å². The molecule has 2 nitrogen and oxygen atoms in total. The van der Waals surface area contributed by atoms with Gasteiger partial charge in [-0.25, -0.2) is 0 Å². The van der Waals surface area contributed by atoms with Gasteiger partial charge in [0, 0.05) is 0 Å². The van der Waals surface area contributed by atoms with Crippen molar-refractivity contribution in [3.63, 3.8) is 0 Å². The molecule has 0 aromatic heterocycles. The molecule has 0 N–H and O–H groups in total. The highest BCUT2D eigenvalue weighted by molar-refractivity contribution is 6.86. The zero-order valence-corrected chi connectivity index (χ0v) is 14.8. The maximum atomic E-state index is 13.6. The van der Waals surface area contributed by atoms with Crippen LogP contribution in [-0.2, 0) is 8.23 Å². The van der Waals surface area contributed by atoms with E-state index in [-0.39, 0.29) is 0 Å². The molecule has 16 heavy (non-hydrogen) atoms. The van der Waals surface area contributed by atoms with E-state index in [2.05, 4.69) is 20.0 Å². The van der Waals surface area contributed by atoms with Crippen LogP contribution in [-0.4, -0.2) is 25.5 Å². The molecule has 0 spiro atoms. The van der Waals surface area contributed by atoms with Crippen molar-refractivity contribution in [3.8, 4) is 0 Å². The summed E-state index contributed by atoms with van der Waals surface area (Å²) < 4.78 is 25.3. The monoisotopic (exact) mass is 282 g/mol. The first-order valence-electron chi connectivity index (χ1n) is 6.07. The molecule has 0 saturated carbocycles. The molecular weight excluding hydrogens is 255 g/mol. The van der Waals surface area contributed by atoms with Crippen LogP contribution in [0.4, 0.5) is 4.11 Å². The van der Waals surface area contributed by atoms with Crippen LogP contribution in [0, 0.1) is 0 Å². The second kappa shape index (κ2) is 5.90. The van der Waals surface area contributed by atoms with Crippen LogP contribution in [0.15, 0.2) is 0 Å². The molecule has 0 atom stereocenters. The Kier molecular flexibility index (Phi) is 6.09. The summed E-state index contributed by atoms with van der Waals surface area (Å²) in [5, 5.41) is 0. The SMILES string of the molecule is CCCC[Si](C)(C)O[Si](C)(C)O[Si](C)(C)F. The molecule has 98 valence electrons. The van der Waals surface area contributed by atoms with Crippen molar-refractivity contribution in [1.29, 1.82) is 0 Å². The lowest BCUT2D eigenvalue weighted by Crippen LogP contribution is -2.51. The Balaban J connectivity index is 4.33. The molecule has 0 heterocycles. The van der Waals surface area contributed by atoms with E-state index in [1.165, 1.54) is 12.8 Å². The Hall–Kier alpha value is 0.501. The van der Waals surface area contributed by atoms with Crippen LogP contribution in [0.5, 0.6) is 0 Å². The van der Waals surface area contributed by atoms with Crippen LogP contribution < -0.4 is 0 Å². The maximum absolute atomic E-state index is 13.6. The molecule has 6 heteroatoms. The van der Waals surface area contributed by atoms with Gasteiger partial charge in [0.25, 0.3) is 0 Å². The molecule has 0 aromatic carbocycles. The van der Waals surface area contributed by atoms with Crippen molar-refractivity contribution >= 4 is 25.5 Å². The minimum atomic E-state index is -2.96. The van der Waals surface area contributed by atoms with Gasteiger partial charge in [0.15, 0.2) is 8.32 Å². The molecule has 0 amide bonds. The second-order valence-electron chi connectivity index (χ2n) is 5.83. The first-order valence-corrected chi connectivity index (χ1v) is 14.8. The summed E-state index contributed by atoms with van der Waals surface area (Å²) in [5.74, 6) is 0. The molecule has 0 unspecified atom stereocenters. The van der Waals surface area contributed by atoms with Crippen molar-refractivity contribution in [2.45, 2.75) is 65.1 Å².